The number of benzene rings is 3. The van der Waals surface area contributed by atoms with Crippen LogP contribution in [0, 0.1) is 13.8 Å². The average Bonchev–Trinajstić information content (AvgIpc) is 3.17. The molecule has 0 spiro atoms. The lowest BCUT2D eigenvalue weighted by Gasteiger charge is -2.24. The Morgan fingerprint density at radius 2 is 1.54 bits per heavy atom. The Bertz CT molecular complexity index is 1660. The fourth-order valence-electron chi connectivity index (χ4n) is 5.55. The molecular formula is C34H36N6O. The van der Waals surface area contributed by atoms with Crippen molar-refractivity contribution < 1.29 is 4.79 Å². The molecule has 2 aromatic heterocycles. The van der Waals surface area contributed by atoms with Crippen LogP contribution in [0.2, 0.25) is 0 Å². The third-order valence-electron chi connectivity index (χ3n) is 7.90. The maximum absolute atomic E-state index is 13.4. The Morgan fingerprint density at radius 1 is 0.805 bits per heavy atom. The van der Waals surface area contributed by atoms with E-state index < -0.39 is 0 Å². The molecule has 0 radical (unpaired) electrons. The summed E-state index contributed by atoms with van der Waals surface area (Å²) in [5.74, 6) is 1.76. The van der Waals surface area contributed by atoms with Gasteiger partial charge in [-0.3, -0.25) is 4.79 Å². The fraction of sp³-hybridized carbons (Fsp3) is 0.294. The number of hydrogen-bond acceptors (Lipinski definition) is 5. The van der Waals surface area contributed by atoms with Gasteiger partial charge in [0.15, 0.2) is 5.65 Å². The molecule has 0 unspecified atom stereocenters. The first kappa shape index (κ1) is 26.7. The van der Waals surface area contributed by atoms with Crippen LogP contribution in [-0.2, 0) is 12.8 Å². The van der Waals surface area contributed by atoms with E-state index in [1.54, 1.807) is 0 Å². The van der Waals surface area contributed by atoms with Crippen molar-refractivity contribution in [3.05, 3.63) is 113 Å². The zero-order chi connectivity index (χ0) is 28.3. The van der Waals surface area contributed by atoms with Crippen LogP contribution in [0.4, 0.5) is 5.82 Å². The summed E-state index contributed by atoms with van der Waals surface area (Å²) in [4.78, 5) is 27.9. The maximum atomic E-state index is 13.4. The molecule has 7 nitrogen and oxygen atoms in total. The third-order valence-corrected chi connectivity index (χ3v) is 7.90. The van der Waals surface area contributed by atoms with Gasteiger partial charge in [0.2, 0.25) is 0 Å². The molecule has 3 heterocycles. The summed E-state index contributed by atoms with van der Waals surface area (Å²) in [5, 5.41) is 5.89. The molecule has 3 aromatic carbocycles. The number of para-hydroxylation sites is 1. The van der Waals surface area contributed by atoms with Crippen molar-refractivity contribution in [1.29, 1.82) is 0 Å². The normalized spacial score (nSPS) is 13.9. The average molecular weight is 545 g/mol. The van der Waals surface area contributed by atoms with Crippen LogP contribution in [0.3, 0.4) is 0 Å². The highest BCUT2D eigenvalue weighted by atomic mass is 16.2. The largest absolute Gasteiger partial charge is 0.354 e. The SMILES string of the molecule is CCc1ccc(C(=O)N2CCCN(c3nc(Cc4ccc(C)cc4)nc4c3c(C)nn4-c3ccccc3)CC2)cc1. The topological polar surface area (TPSA) is 67.2 Å². The highest BCUT2D eigenvalue weighted by Gasteiger charge is 2.25. The molecule has 5 aromatic rings. The van der Waals surface area contributed by atoms with E-state index in [0.717, 1.165) is 65.6 Å². The highest BCUT2D eigenvalue weighted by molar-refractivity contribution is 5.94. The molecule has 1 aliphatic rings. The lowest BCUT2D eigenvalue weighted by molar-refractivity contribution is 0.0767. The van der Waals surface area contributed by atoms with Crippen molar-refractivity contribution in [2.45, 2.75) is 40.0 Å². The monoisotopic (exact) mass is 544 g/mol. The fourth-order valence-corrected chi connectivity index (χ4v) is 5.55. The summed E-state index contributed by atoms with van der Waals surface area (Å²) in [6.07, 6.45) is 2.46. The van der Waals surface area contributed by atoms with Gasteiger partial charge in [-0.05, 0) is 62.1 Å². The minimum atomic E-state index is 0.0930. The van der Waals surface area contributed by atoms with Crippen LogP contribution in [0.5, 0.6) is 0 Å². The van der Waals surface area contributed by atoms with Crippen molar-refractivity contribution in [1.82, 2.24) is 24.6 Å². The third kappa shape index (κ3) is 5.57. The number of fused-ring (bicyclic) bond motifs is 1. The molecule has 0 bridgehead atoms. The van der Waals surface area contributed by atoms with Crippen molar-refractivity contribution in [3.63, 3.8) is 0 Å². The van der Waals surface area contributed by atoms with Crippen molar-refractivity contribution in [2.24, 2.45) is 0 Å². The first-order valence-electron chi connectivity index (χ1n) is 14.5. The van der Waals surface area contributed by atoms with E-state index in [1.807, 2.05) is 46.8 Å². The van der Waals surface area contributed by atoms with E-state index in [0.29, 0.717) is 19.5 Å². The molecule has 1 aliphatic heterocycles. The van der Waals surface area contributed by atoms with Crippen molar-refractivity contribution >= 4 is 22.8 Å². The number of carbonyl (C=O) groups is 1. The zero-order valence-corrected chi connectivity index (χ0v) is 24.0. The van der Waals surface area contributed by atoms with E-state index in [1.165, 1.54) is 16.7 Å². The van der Waals surface area contributed by atoms with Crippen LogP contribution in [0.25, 0.3) is 16.7 Å². The second kappa shape index (κ2) is 11.5. The highest BCUT2D eigenvalue weighted by Crippen LogP contribution is 2.30. The summed E-state index contributed by atoms with van der Waals surface area (Å²) < 4.78 is 1.93. The summed E-state index contributed by atoms with van der Waals surface area (Å²) in [6.45, 7) is 9.12. The summed E-state index contributed by atoms with van der Waals surface area (Å²) in [7, 11) is 0. The summed E-state index contributed by atoms with van der Waals surface area (Å²) >= 11 is 0. The Hall–Kier alpha value is -4.52. The number of aromatic nitrogens is 4. The van der Waals surface area contributed by atoms with Crippen LogP contribution >= 0.6 is 0 Å². The molecule has 0 saturated carbocycles. The molecule has 1 amide bonds. The van der Waals surface area contributed by atoms with Crippen LogP contribution < -0.4 is 4.90 Å². The second-order valence-corrected chi connectivity index (χ2v) is 10.8. The molecule has 1 fully saturated rings. The van der Waals surface area contributed by atoms with Crippen molar-refractivity contribution in [2.75, 3.05) is 31.1 Å². The smallest absolute Gasteiger partial charge is 0.253 e. The summed E-state index contributed by atoms with van der Waals surface area (Å²) in [5.41, 5.74) is 7.07. The lowest BCUT2D eigenvalue weighted by atomic mass is 10.1. The number of rotatable bonds is 6. The molecule has 208 valence electrons. The van der Waals surface area contributed by atoms with Gasteiger partial charge in [0.25, 0.3) is 5.91 Å². The molecule has 6 rings (SSSR count). The molecular weight excluding hydrogens is 508 g/mol. The Labute approximate surface area is 241 Å². The van der Waals surface area contributed by atoms with Gasteiger partial charge >= 0.3 is 0 Å². The van der Waals surface area contributed by atoms with Gasteiger partial charge in [-0.15, -0.1) is 0 Å². The van der Waals surface area contributed by atoms with Gasteiger partial charge in [0, 0.05) is 38.2 Å². The first-order chi connectivity index (χ1) is 20.0. The van der Waals surface area contributed by atoms with Gasteiger partial charge in [-0.1, -0.05) is 67.1 Å². The van der Waals surface area contributed by atoms with E-state index in [4.69, 9.17) is 15.1 Å². The summed E-state index contributed by atoms with van der Waals surface area (Å²) in [6, 6.07) is 26.7. The Morgan fingerprint density at radius 3 is 2.27 bits per heavy atom. The minimum absolute atomic E-state index is 0.0930. The van der Waals surface area contributed by atoms with Gasteiger partial charge < -0.3 is 9.80 Å². The number of amides is 1. The molecule has 0 aliphatic carbocycles. The van der Waals surface area contributed by atoms with Crippen LogP contribution in [0.15, 0.2) is 78.9 Å². The standard InChI is InChI=1S/C34H36N6O/c1-4-26-15-17-28(18-16-26)34(41)39-20-8-19-38(21-22-39)32-31-25(3)37-40(29-9-6-5-7-10-29)33(31)36-30(35-32)23-27-13-11-24(2)12-14-27/h5-7,9-18H,4,8,19-23H2,1-3H3. The van der Waals surface area contributed by atoms with E-state index in [2.05, 4.69) is 67.3 Å². The number of carbonyl (C=O) groups excluding carboxylic acids is 1. The van der Waals surface area contributed by atoms with Crippen LogP contribution in [0.1, 0.15) is 51.9 Å². The number of anilines is 1. The van der Waals surface area contributed by atoms with Gasteiger partial charge in [0.05, 0.1) is 16.8 Å². The van der Waals surface area contributed by atoms with E-state index in [-0.39, 0.29) is 5.91 Å². The number of hydrogen-bond donors (Lipinski definition) is 0. The predicted molar refractivity (Wildman–Crippen MR) is 164 cm³/mol. The van der Waals surface area contributed by atoms with E-state index >= 15 is 0 Å². The predicted octanol–water partition coefficient (Wildman–Crippen LogP) is 5.94. The Kier molecular flexibility index (Phi) is 7.51. The molecule has 0 atom stereocenters. The molecule has 7 heteroatoms. The second-order valence-electron chi connectivity index (χ2n) is 10.8. The zero-order valence-electron chi connectivity index (χ0n) is 24.0. The van der Waals surface area contributed by atoms with Gasteiger partial charge in [0.1, 0.15) is 11.6 Å². The van der Waals surface area contributed by atoms with Crippen LogP contribution in [-0.4, -0.2) is 56.7 Å². The van der Waals surface area contributed by atoms with E-state index in [9.17, 15) is 4.79 Å². The lowest BCUT2D eigenvalue weighted by Crippen LogP contribution is -2.35. The molecule has 0 N–H and O–H groups in total. The number of nitrogens with zero attached hydrogens (tertiary/aromatic N) is 6. The van der Waals surface area contributed by atoms with Crippen molar-refractivity contribution in [3.8, 4) is 5.69 Å². The molecule has 41 heavy (non-hydrogen) atoms. The Balaban J connectivity index is 1.35. The minimum Gasteiger partial charge on any atom is -0.354 e. The van der Waals surface area contributed by atoms with Gasteiger partial charge in [-0.2, -0.15) is 5.10 Å². The quantitative estimate of drug-likeness (QED) is 0.265. The first-order valence-corrected chi connectivity index (χ1v) is 14.5. The number of aryl methyl sites for hydroxylation is 3. The maximum Gasteiger partial charge on any atom is 0.253 e. The molecule has 1 saturated heterocycles. The van der Waals surface area contributed by atoms with Gasteiger partial charge in [-0.25, -0.2) is 14.6 Å².